The van der Waals surface area contributed by atoms with Gasteiger partial charge in [-0.25, -0.2) is 0 Å². The van der Waals surface area contributed by atoms with Crippen LogP contribution in [-0.2, 0) is 12.8 Å². The van der Waals surface area contributed by atoms with Crippen LogP contribution in [0.5, 0.6) is 5.75 Å². The summed E-state index contributed by atoms with van der Waals surface area (Å²) in [7, 11) is 0. The van der Waals surface area contributed by atoms with Gasteiger partial charge in [-0.1, -0.05) is 41.9 Å². The average molecular weight is 262 g/mol. The summed E-state index contributed by atoms with van der Waals surface area (Å²) in [6.45, 7) is 0. The second-order valence-electron chi connectivity index (χ2n) is 4.43. The van der Waals surface area contributed by atoms with Gasteiger partial charge in [0.1, 0.15) is 5.75 Å². The van der Waals surface area contributed by atoms with Crippen LogP contribution >= 0.6 is 11.6 Å². The van der Waals surface area contributed by atoms with E-state index in [-0.39, 0.29) is 11.8 Å². The van der Waals surface area contributed by atoms with Crippen molar-refractivity contribution in [2.24, 2.45) is 5.73 Å². The zero-order chi connectivity index (χ0) is 13.0. The number of benzene rings is 2. The molecule has 1 unspecified atom stereocenters. The number of aromatic hydroxyl groups is 1. The predicted octanol–water partition coefficient (Wildman–Crippen LogP) is 3.16. The number of rotatable bonds is 4. The molecule has 2 nitrogen and oxygen atoms in total. The Bertz CT molecular complexity index is 510. The number of hydrogen-bond acceptors (Lipinski definition) is 2. The summed E-state index contributed by atoms with van der Waals surface area (Å²) in [6, 6.07) is 14.9. The molecule has 18 heavy (non-hydrogen) atoms. The minimum atomic E-state index is 0.0226. The molecule has 2 aromatic carbocycles. The first kappa shape index (κ1) is 12.9. The normalized spacial score (nSPS) is 12.3. The highest BCUT2D eigenvalue weighted by atomic mass is 35.5. The van der Waals surface area contributed by atoms with Gasteiger partial charge in [0.05, 0.1) is 0 Å². The highest BCUT2D eigenvalue weighted by Gasteiger charge is 2.08. The van der Waals surface area contributed by atoms with Crippen molar-refractivity contribution in [1.82, 2.24) is 0 Å². The summed E-state index contributed by atoms with van der Waals surface area (Å²) in [5, 5.41) is 9.98. The largest absolute Gasteiger partial charge is 0.508 e. The van der Waals surface area contributed by atoms with Crippen LogP contribution in [0.15, 0.2) is 48.5 Å². The Labute approximate surface area is 112 Å². The van der Waals surface area contributed by atoms with E-state index in [9.17, 15) is 5.11 Å². The van der Waals surface area contributed by atoms with Crippen LogP contribution in [-0.4, -0.2) is 11.1 Å². The molecule has 0 radical (unpaired) electrons. The van der Waals surface area contributed by atoms with E-state index in [4.69, 9.17) is 17.3 Å². The van der Waals surface area contributed by atoms with Crippen molar-refractivity contribution in [1.29, 1.82) is 0 Å². The lowest BCUT2D eigenvalue weighted by Crippen LogP contribution is -2.25. The molecule has 0 heterocycles. The summed E-state index contributed by atoms with van der Waals surface area (Å²) >= 11 is 6.10. The Hall–Kier alpha value is -1.51. The minimum absolute atomic E-state index is 0.0226. The maximum atomic E-state index is 9.21. The van der Waals surface area contributed by atoms with Crippen LogP contribution < -0.4 is 5.73 Å². The zero-order valence-corrected chi connectivity index (χ0v) is 10.8. The number of phenols is 1. The number of hydrogen-bond donors (Lipinski definition) is 2. The van der Waals surface area contributed by atoms with Crippen LogP contribution in [0.4, 0.5) is 0 Å². The van der Waals surface area contributed by atoms with E-state index in [1.165, 1.54) is 0 Å². The smallest absolute Gasteiger partial charge is 0.115 e. The van der Waals surface area contributed by atoms with Gasteiger partial charge in [-0.05, 0) is 42.2 Å². The van der Waals surface area contributed by atoms with Gasteiger partial charge in [-0.3, -0.25) is 0 Å². The molecule has 1 atom stereocenters. The fraction of sp³-hybridized carbons (Fsp3) is 0.200. The third-order valence-corrected chi connectivity index (χ3v) is 3.24. The highest BCUT2D eigenvalue weighted by Crippen LogP contribution is 2.18. The summed E-state index contributed by atoms with van der Waals surface area (Å²) in [4.78, 5) is 0. The van der Waals surface area contributed by atoms with E-state index in [1.807, 2.05) is 36.4 Å². The molecule has 0 aliphatic rings. The molecule has 0 spiro atoms. The maximum absolute atomic E-state index is 9.21. The Morgan fingerprint density at radius 1 is 1.00 bits per heavy atom. The lowest BCUT2D eigenvalue weighted by molar-refractivity contribution is 0.475. The van der Waals surface area contributed by atoms with E-state index < -0.39 is 0 Å². The Morgan fingerprint density at radius 3 is 2.33 bits per heavy atom. The van der Waals surface area contributed by atoms with Gasteiger partial charge in [0.2, 0.25) is 0 Å². The molecule has 0 aliphatic heterocycles. The van der Waals surface area contributed by atoms with Crippen molar-refractivity contribution >= 4 is 11.6 Å². The highest BCUT2D eigenvalue weighted by molar-refractivity contribution is 6.31. The Morgan fingerprint density at radius 2 is 1.67 bits per heavy atom. The molecule has 0 aliphatic carbocycles. The molecule has 3 heteroatoms. The lowest BCUT2D eigenvalue weighted by Gasteiger charge is -2.12. The number of halogens is 1. The van der Waals surface area contributed by atoms with Gasteiger partial charge in [-0.2, -0.15) is 0 Å². The van der Waals surface area contributed by atoms with Gasteiger partial charge in [0.15, 0.2) is 0 Å². The van der Waals surface area contributed by atoms with Gasteiger partial charge < -0.3 is 10.8 Å². The first-order chi connectivity index (χ1) is 8.65. The molecule has 2 aromatic rings. The molecule has 3 N–H and O–H groups in total. The van der Waals surface area contributed by atoms with E-state index in [2.05, 4.69) is 0 Å². The monoisotopic (exact) mass is 261 g/mol. The van der Waals surface area contributed by atoms with E-state index in [1.54, 1.807) is 12.1 Å². The maximum Gasteiger partial charge on any atom is 0.115 e. The topological polar surface area (TPSA) is 46.2 Å². The SMILES string of the molecule is NC(Cc1ccc(O)cc1)Cc1ccccc1Cl. The van der Waals surface area contributed by atoms with Crippen molar-refractivity contribution in [2.45, 2.75) is 18.9 Å². The lowest BCUT2D eigenvalue weighted by atomic mass is 10.00. The average Bonchev–Trinajstić information content (AvgIpc) is 2.35. The molecule has 0 amide bonds. The van der Waals surface area contributed by atoms with Gasteiger partial charge in [-0.15, -0.1) is 0 Å². The van der Waals surface area contributed by atoms with Crippen molar-refractivity contribution < 1.29 is 5.11 Å². The van der Waals surface area contributed by atoms with E-state index in [0.717, 1.165) is 29.0 Å². The number of nitrogens with two attached hydrogens (primary N) is 1. The quantitative estimate of drug-likeness (QED) is 0.888. The molecule has 0 fully saturated rings. The standard InChI is InChI=1S/C15H16ClNO/c16-15-4-2-1-3-12(15)10-13(17)9-11-5-7-14(18)8-6-11/h1-8,13,18H,9-10,17H2. The fourth-order valence-electron chi connectivity index (χ4n) is 1.95. The molecule has 0 saturated heterocycles. The molecule has 94 valence electrons. The third kappa shape index (κ3) is 3.49. The Balaban J connectivity index is 1.99. The molecule has 0 bridgehead atoms. The van der Waals surface area contributed by atoms with E-state index >= 15 is 0 Å². The van der Waals surface area contributed by atoms with Crippen molar-refractivity contribution in [3.63, 3.8) is 0 Å². The fourth-order valence-corrected chi connectivity index (χ4v) is 2.17. The summed E-state index contributed by atoms with van der Waals surface area (Å²) < 4.78 is 0. The summed E-state index contributed by atoms with van der Waals surface area (Å²) in [5.41, 5.74) is 8.32. The van der Waals surface area contributed by atoms with Gasteiger partial charge >= 0.3 is 0 Å². The van der Waals surface area contributed by atoms with Gasteiger partial charge in [0.25, 0.3) is 0 Å². The van der Waals surface area contributed by atoms with Crippen molar-refractivity contribution in [3.8, 4) is 5.75 Å². The molecular weight excluding hydrogens is 246 g/mol. The van der Waals surface area contributed by atoms with Crippen LogP contribution in [0.3, 0.4) is 0 Å². The third-order valence-electron chi connectivity index (χ3n) is 2.87. The molecule has 0 saturated carbocycles. The van der Waals surface area contributed by atoms with Crippen LogP contribution in [0.2, 0.25) is 5.02 Å². The molecule has 0 aromatic heterocycles. The predicted molar refractivity (Wildman–Crippen MR) is 74.9 cm³/mol. The molecule has 2 rings (SSSR count). The first-order valence-corrected chi connectivity index (χ1v) is 6.30. The minimum Gasteiger partial charge on any atom is -0.508 e. The first-order valence-electron chi connectivity index (χ1n) is 5.92. The summed E-state index contributed by atoms with van der Waals surface area (Å²) in [5.74, 6) is 0.276. The van der Waals surface area contributed by atoms with Crippen LogP contribution in [0.25, 0.3) is 0 Å². The van der Waals surface area contributed by atoms with Crippen LogP contribution in [0.1, 0.15) is 11.1 Å². The van der Waals surface area contributed by atoms with E-state index in [0.29, 0.717) is 0 Å². The molecular formula is C15H16ClNO. The van der Waals surface area contributed by atoms with Crippen molar-refractivity contribution in [3.05, 3.63) is 64.7 Å². The van der Waals surface area contributed by atoms with Gasteiger partial charge in [0, 0.05) is 11.1 Å². The summed E-state index contributed by atoms with van der Waals surface area (Å²) in [6.07, 6.45) is 1.52. The Kier molecular flexibility index (Phi) is 4.24. The van der Waals surface area contributed by atoms with Crippen molar-refractivity contribution in [2.75, 3.05) is 0 Å². The zero-order valence-electron chi connectivity index (χ0n) is 10.0. The number of phenolic OH excluding ortho intramolecular Hbond substituents is 1. The second kappa shape index (κ2) is 5.89. The second-order valence-corrected chi connectivity index (χ2v) is 4.83. The van der Waals surface area contributed by atoms with Crippen LogP contribution in [0, 0.1) is 0 Å².